The maximum atomic E-state index is 13.2. The van der Waals surface area contributed by atoms with Gasteiger partial charge >= 0.3 is 6.29 Å². The second-order valence-electron chi connectivity index (χ2n) is 6.75. The van der Waals surface area contributed by atoms with Crippen LogP contribution in [0.2, 0.25) is 0 Å². The van der Waals surface area contributed by atoms with E-state index >= 15 is 0 Å². The van der Waals surface area contributed by atoms with Crippen molar-refractivity contribution in [2.75, 3.05) is 19.0 Å². The Hall–Kier alpha value is -3.66. The fourth-order valence-corrected chi connectivity index (χ4v) is 2.82. The van der Waals surface area contributed by atoms with Gasteiger partial charge in [-0.1, -0.05) is 0 Å². The molecule has 8 nitrogen and oxygen atoms in total. The lowest BCUT2D eigenvalue weighted by molar-refractivity contribution is -0.286. The lowest BCUT2D eigenvalue weighted by atomic mass is 10.1. The standard InChI is InChI=1S/C21H22F2N4O4/c1-12(25)11-29-17-6-4-14(10-15(17)16(26-2)7-8-24)27-20(28)13-3-5-18-19(9-13)31-21(22,23)30-18/h3-10,12H,11,24-25H2,1-2H3,(H,27,28)/t12-/m0/s1. The molecule has 0 aromatic heterocycles. The summed E-state index contributed by atoms with van der Waals surface area (Å²) in [5.74, 6) is -0.371. The number of hydrogen-bond acceptors (Lipinski definition) is 7. The van der Waals surface area contributed by atoms with Gasteiger partial charge < -0.3 is 31.0 Å². The third kappa shape index (κ3) is 5.28. The molecule has 0 spiro atoms. The van der Waals surface area contributed by atoms with Gasteiger partial charge in [-0.25, -0.2) is 0 Å². The second-order valence-corrected chi connectivity index (χ2v) is 6.75. The molecule has 2 aromatic rings. The van der Waals surface area contributed by atoms with Crippen LogP contribution in [-0.4, -0.2) is 37.6 Å². The first-order chi connectivity index (χ1) is 14.7. The van der Waals surface area contributed by atoms with Crippen molar-refractivity contribution in [2.45, 2.75) is 19.3 Å². The van der Waals surface area contributed by atoms with Crippen molar-refractivity contribution in [2.24, 2.45) is 16.5 Å². The Labute approximate surface area is 177 Å². The van der Waals surface area contributed by atoms with Crippen molar-refractivity contribution in [1.82, 2.24) is 0 Å². The minimum atomic E-state index is -3.75. The van der Waals surface area contributed by atoms with Crippen LogP contribution in [0.5, 0.6) is 17.2 Å². The molecule has 0 fully saturated rings. The number of fused-ring (bicyclic) bond motifs is 1. The molecule has 1 heterocycles. The molecule has 5 N–H and O–H groups in total. The van der Waals surface area contributed by atoms with Crippen LogP contribution < -0.4 is 31.0 Å². The molecule has 0 aliphatic carbocycles. The average Bonchev–Trinajstić information content (AvgIpc) is 3.03. The van der Waals surface area contributed by atoms with Crippen molar-refractivity contribution in [3.05, 3.63) is 59.8 Å². The summed E-state index contributed by atoms with van der Waals surface area (Å²) in [6.45, 7) is 2.09. The van der Waals surface area contributed by atoms with E-state index in [-0.39, 0.29) is 29.7 Å². The molecule has 2 aromatic carbocycles. The zero-order valence-electron chi connectivity index (χ0n) is 16.9. The Kier molecular flexibility index (Phi) is 6.40. The number of alkyl halides is 2. The van der Waals surface area contributed by atoms with Gasteiger partial charge in [0.15, 0.2) is 11.5 Å². The summed E-state index contributed by atoms with van der Waals surface area (Å²) >= 11 is 0. The maximum Gasteiger partial charge on any atom is 0.586 e. The summed E-state index contributed by atoms with van der Waals surface area (Å²) in [5.41, 5.74) is 12.9. The highest BCUT2D eigenvalue weighted by Gasteiger charge is 2.43. The van der Waals surface area contributed by atoms with Crippen molar-refractivity contribution in [3.63, 3.8) is 0 Å². The van der Waals surface area contributed by atoms with Gasteiger partial charge in [0.2, 0.25) is 0 Å². The number of hydrogen-bond donors (Lipinski definition) is 3. The Morgan fingerprint density at radius 3 is 2.68 bits per heavy atom. The Morgan fingerprint density at radius 1 is 1.26 bits per heavy atom. The summed E-state index contributed by atoms with van der Waals surface area (Å²) in [5, 5.41) is 2.71. The molecule has 0 saturated heterocycles. The van der Waals surface area contributed by atoms with E-state index in [0.29, 0.717) is 22.7 Å². The Morgan fingerprint density at radius 2 is 2.00 bits per heavy atom. The summed E-state index contributed by atoms with van der Waals surface area (Å²) in [7, 11) is 1.60. The van der Waals surface area contributed by atoms with Gasteiger partial charge in [0.05, 0.1) is 5.71 Å². The zero-order valence-corrected chi connectivity index (χ0v) is 16.9. The molecule has 1 aliphatic rings. The lowest BCUT2D eigenvalue weighted by Crippen LogP contribution is -2.25. The first kappa shape index (κ1) is 22.0. The van der Waals surface area contributed by atoms with Crippen LogP contribution >= 0.6 is 0 Å². The number of nitrogens with one attached hydrogen (secondary N) is 1. The van der Waals surface area contributed by atoms with Gasteiger partial charge in [-0.15, -0.1) is 8.78 Å². The zero-order chi connectivity index (χ0) is 22.6. The van der Waals surface area contributed by atoms with Crippen molar-refractivity contribution < 1.29 is 27.8 Å². The maximum absolute atomic E-state index is 13.2. The summed E-state index contributed by atoms with van der Waals surface area (Å²) in [6.07, 6.45) is -0.821. The largest absolute Gasteiger partial charge is 0.586 e. The fraction of sp³-hybridized carbons (Fsp3) is 0.238. The third-order valence-corrected chi connectivity index (χ3v) is 4.17. The summed E-state index contributed by atoms with van der Waals surface area (Å²) < 4.78 is 40.9. The Balaban J connectivity index is 1.85. The van der Waals surface area contributed by atoms with Crippen LogP contribution in [0.4, 0.5) is 14.5 Å². The van der Waals surface area contributed by atoms with E-state index in [9.17, 15) is 13.6 Å². The van der Waals surface area contributed by atoms with E-state index < -0.39 is 12.2 Å². The summed E-state index contributed by atoms with van der Waals surface area (Å²) in [6, 6.07) is 8.57. The molecular weight excluding hydrogens is 410 g/mol. The number of nitrogens with two attached hydrogens (primary N) is 2. The number of carbonyl (C=O) groups is 1. The molecule has 0 saturated carbocycles. The molecule has 1 atom stereocenters. The molecule has 3 rings (SSSR count). The monoisotopic (exact) mass is 432 g/mol. The van der Waals surface area contributed by atoms with Crippen LogP contribution in [0.3, 0.4) is 0 Å². The van der Waals surface area contributed by atoms with Crippen LogP contribution in [0.25, 0.3) is 0 Å². The molecule has 1 aliphatic heterocycles. The first-order valence-corrected chi connectivity index (χ1v) is 9.31. The number of amides is 1. The number of carbonyl (C=O) groups excluding carboxylic acids is 1. The topological polar surface area (TPSA) is 121 Å². The average molecular weight is 432 g/mol. The van der Waals surface area contributed by atoms with Gasteiger partial charge in [0, 0.05) is 29.9 Å². The van der Waals surface area contributed by atoms with Crippen LogP contribution in [0.1, 0.15) is 22.8 Å². The number of aliphatic imine (C=N–C) groups is 1. The molecular formula is C21H22F2N4O4. The minimum absolute atomic E-state index is 0.116. The second kappa shape index (κ2) is 9.00. The van der Waals surface area contributed by atoms with E-state index in [2.05, 4.69) is 19.8 Å². The van der Waals surface area contributed by atoms with E-state index in [0.717, 1.165) is 0 Å². The number of nitrogens with zero attached hydrogens (tertiary/aromatic N) is 1. The molecule has 1 amide bonds. The van der Waals surface area contributed by atoms with Crippen LogP contribution in [-0.2, 0) is 0 Å². The van der Waals surface area contributed by atoms with Gasteiger partial charge in [-0.2, -0.15) is 0 Å². The van der Waals surface area contributed by atoms with Gasteiger partial charge in [-0.05, 0) is 55.6 Å². The van der Waals surface area contributed by atoms with Crippen molar-refractivity contribution >= 4 is 17.3 Å². The summed E-state index contributed by atoms with van der Waals surface area (Å²) in [4.78, 5) is 16.8. The fourth-order valence-electron chi connectivity index (χ4n) is 2.82. The van der Waals surface area contributed by atoms with E-state index in [1.165, 1.54) is 24.4 Å². The normalized spacial score (nSPS) is 15.7. The van der Waals surface area contributed by atoms with Gasteiger partial charge in [0.1, 0.15) is 12.4 Å². The molecule has 164 valence electrons. The highest BCUT2D eigenvalue weighted by atomic mass is 19.3. The van der Waals surface area contributed by atoms with E-state index in [1.807, 2.05) is 6.92 Å². The predicted molar refractivity (Wildman–Crippen MR) is 112 cm³/mol. The molecule has 0 radical (unpaired) electrons. The lowest BCUT2D eigenvalue weighted by Gasteiger charge is -2.15. The first-order valence-electron chi connectivity index (χ1n) is 9.31. The van der Waals surface area contributed by atoms with Crippen molar-refractivity contribution in [1.29, 1.82) is 0 Å². The van der Waals surface area contributed by atoms with E-state index in [4.69, 9.17) is 16.2 Å². The Bertz CT molecular complexity index is 1040. The third-order valence-electron chi connectivity index (χ3n) is 4.17. The highest BCUT2D eigenvalue weighted by Crippen LogP contribution is 2.41. The van der Waals surface area contributed by atoms with Gasteiger partial charge in [-0.3, -0.25) is 9.79 Å². The molecule has 31 heavy (non-hydrogen) atoms. The molecule has 0 unspecified atom stereocenters. The smallest absolute Gasteiger partial charge is 0.491 e. The van der Waals surface area contributed by atoms with Crippen LogP contribution in [0, 0.1) is 0 Å². The van der Waals surface area contributed by atoms with Crippen LogP contribution in [0.15, 0.2) is 53.7 Å². The number of ether oxygens (including phenoxy) is 3. The quantitative estimate of drug-likeness (QED) is 0.579. The van der Waals surface area contributed by atoms with Crippen molar-refractivity contribution in [3.8, 4) is 17.2 Å². The minimum Gasteiger partial charge on any atom is -0.491 e. The number of allylic oxidation sites excluding steroid dienone is 1. The predicted octanol–water partition coefficient (Wildman–Crippen LogP) is 2.88. The highest BCUT2D eigenvalue weighted by molar-refractivity contribution is 6.12. The SMILES string of the molecule is CN=C(C=CN)c1cc(NC(=O)c2ccc3c(c2)OC(F)(F)O3)ccc1OC[C@H](C)N. The van der Waals surface area contributed by atoms with Gasteiger partial charge in [0.25, 0.3) is 5.91 Å². The number of rotatable bonds is 7. The van der Waals surface area contributed by atoms with E-state index in [1.54, 1.807) is 31.3 Å². The number of halogens is 2. The number of benzene rings is 2. The molecule has 10 heteroatoms. The molecule has 0 bridgehead atoms. The number of anilines is 1.